The summed E-state index contributed by atoms with van der Waals surface area (Å²) in [5.74, 6) is 0. The first-order chi connectivity index (χ1) is 7.89. The highest BCUT2D eigenvalue weighted by molar-refractivity contribution is 5.85. The number of aromatic amines is 1. The summed E-state index contributed by atoms with van der Waals surface area (Å²) in [5.41, 5.74) is 4.65. The number of benzene rings is 1. The van der Waals surface area contributed by atoms with Gasteiger partial charge in [0.1, 0.15) is 0 Å². The second kappa shape index (κ2) is 2.89. The zero-order valence-corrected chi connectivity index (χ0v) is 9.34. The van der Waals surface area contributed by atoms with Crippen molar-refractivity contribution in [1.82, 2.24) is 10.3 Å². The third-order valence-electron chi connectivity index (χ3n) is 4.34. The van der Waals surface area contributed by atoms with Crippen molar-refractivity contribution < 1.29 is 0 Å². The molecule has 0 amide bonds. The Morgan fingerprint density at radius 1 is 1.12 bits per heavy atom. The smallest absolute Gasteiger partial charge is 0.0589 e. The summed E-state index contributed by atoms with van der Waals surface area (Å²) in [5, 5.41) is 5.15. The summed E-state index contributed by atoms with van der Waals surface area (Å²) in [4.78, 5) is 3.65. The van der Waals surface area contributed by atoms with E-state index in [0.29, 0.717) is 5.54 Å². The molecular weight excluding hydrogens is 196 g/mol. The average molecular weight is 212 g/mol. The third kappa shape index (κ3) is 0.957. The highest BCUT2D eigenvalue weighted by atomic mass is 15.0. The normalized spacial score (nSPS) is 22.0. The molecule has 82 valence electrons. The molecule has 2 heteroatoms. The Morgan fingerprint density at radius 3 is 2.81 bits per heavy atom. The number of para-hydroxylation sites is 1. The van der Waals surface area contributed by atoms with Crippen LogP contribution in [0, 0.1) is 0 Å². The third-order valence-corrected chi connectivity index (χ3v) is 4.34. The van der Waals surface area contributed by atoms with E-state index < -0.39 is 0 Å². The van der Waals surface area contributed by atoms with Gasteiger partial charge in [-0.3, -0.25) is 0 Å². The Kier molecular flexibility index (Phi) is 1.59. The first kappa shape index (κ1) is 8.82. The zero-order chi connectivity index (χ0) is 10.6. The summed E-state index contributed by atoms with van der Waals surface area (Å²) in [6.07, 6.45) is 5.13. The molecule has 16 heavy (non-hydrogen) atoms. The number of hydrogen-bond donors (Lipinski definition) is 2. The Morgan fingerprint density at radius 2 is 2.00 bits per heavy atom. The molecule has 0 atom stereocenters. The minimum absolute atomic E-state index is 0.298. The lowest BCUT2D eigenvalue weighted by Crippen LogP contribution is -2.52. The maximum absolute atomic E-state index is 3.72. The van der Waals surface area contributed by atoms with Crippen LogP contribution in [0.25, 0.3) is 10.9 Å². The first-order valence-corrected chi connectivity index (χ1v) is 6.24. The first-order valence-electron chi connectivity index (χ1n) is 6.24. The molecule has 0 saturated heterocycles. The molecule has 0 bridgehead atoms. The van der Waals surface area contributed by atoms with Gasteiger partial charge in [0.15, 0.2) is 0 Å². The Balaban J connectivity index is 2.01. The van der Waals surface area contributed by atoms with E-state index >= 15 is 0 Å². The Bertz CT molecular complexity index is 549. The number of fused-ring (bicyclic) bond motifs is 4. The van der Waals surface area contributed by atoms with Gasteiger partial charge in [0.05, 0.1) is 5.54 Å². The molecule has 1 aromatic carbocycles. The molecule has 2 aromatic rings. The number of rotatable bonds is 0. The van der Waals surface area contributed by atoms with E-state index in [9.17, 15) is 0 Å². The van der Waals surface area contributed by atoms with Gasteiger partial charge in [-0.15, -0.1) is 0 Å². The van der Waals surface area contributed by atoms with E-state index in [1.807, 2.05) is 0 Å². The molecule has 1 spiro atoms. The number of H-pyrrole nitrogens is 1. The van der Waals surface area contributed by atoms with Crippen molar-refractivity contribution in [1.29, 1.82) is 0 Å². The van der Waals surface area contributed by atoms with E-state index in [-0.39, 0.29) is 0 Å². The van der Waals surface area contributed by atoms with Gasteiger partial charge in [0.2, 0.25) is 0 Å². The highest BCUT2D eigenvalue weighted by Crippen LogP contribution is 2.45. The van der Waals surface area contributed by atoms with Gasteiger partial charge in [-0.05, 0) is 37.3 Å². The molecule has 1 fully saturated rings. The molecule has 0 unspecified atom stereocenters. The standard InChI is InChI=1S/C14H16N2/c1-2-5-12-10(4-1)11-6-9-15-14(7-3-8-14)13(11)16-12/h1-2,4-5,15-16H,3,6-9H2. The quantitative estimate of drug-likeness (QED) is 0.690. The fraction of sp³-hybridized carbons (Fsp3) is 0.429. The van der Waals surface area contributed by atoms with Crippen LogP contribution in [0.15, 0.2) is 24.3 Å². The van der Waals surface area contributed by atoms with Crippen molar-refractivity contribution in [2.24, 2.45) is 0 Å². The second-order valence-corrected chi connectivity index (χ2v) is 5.14. The van der Waals surface area contributed by atoms with Gasteiger partial charge in [0, 0.05) is 23.1 Å². The Labute approximate surface area is 95.1 Å². The fourth-order valence-electron chi connectivity index (χ4n) is 3.34. The topological polar surface area (TPSA) is 27.8 Å². The molecule has 2 nitrogen and oxygen atoms in total. The van der Waals surface area contributed by atoms with Crippen molar-refractivity contribution in [3.05, 3.63) is 35.5 Å². The fourth-order valence-corrected chi connectivity index (χ4v) is 3.34. The molecule has 1 aliphatic heterocycles. The molecule has 1 saturated carbocycles. The zero-order valence-electron chi connectivity index (χ0n) is 9.34. The maximum atomic E-state index is 3.72. The van der Waals surface area contributed by atoms with E-state index in [4.69, 9.17) is 0 Å². The van der Waals surface area contributed by atoms with Crippen molar-refractivity contribution >= 4 is 10.9 Å². The molecule has 2 aliphatic rings. The molecule has 2 heterocycles. The van der Waals surface area contributed by atoms with Crippen molar-refractivity contribution in [3.63, 3.8) is 0 Å². The van der Waals surface area contributed by atoms with Gasteiger partial charge >= 0.3 is 0 Å². The van der Waals surface area contributed by atoms with Gasteiger partial charge < -0.3 is 10.3 Å². The monoisotopic (exact) mass is 212 g/mol. The van der Waals surface area contributed by atoms with Crippen molar-refractivity contribution in [2.45, 2.75) is 31.2 Å². The maximum Gasteiger partial charge on any atom is 0.0589 e. The summed E-state index contributed by atoms with van der Waals surface area (Å²) >= 11 is 0. The predicted molar refractivity (Wildman–Crippen MR) is 65.5 cm³/mol. The van der Waals surface area contributed by atoms with Gasteiger partial charge in [0.25, 0.3) is 0 Å². The number of hydrogen-bond acceptors (Lipinski definition) is 1. The lowest BCUT2D eigenvalue weighted by atomic mass is 9.71. The minimum atomic E-state index is 0.298. The minimum Gasteiger partial charge on any atom is -0.357 e. The van der Waals surface area contributed by atoms with Crippen LogP contribution < -0.4 is 5.32 Å². The summed E-state index contributed by atoms with van der Waals surface area (Å²) in [6, 6.07) is 8.71. The van der Waals surface area contributed by atoms with E-state index in [1.165, 1.54) is 42.3 Å². The van der Waals surface area contributed by atoms with Crippen LogP contribution in [0.3, 0.4) is 0 Å². The van der Waals surface area contributed by atoms with Crippen LogP contribution in [-0.2, 0) is 12.0 Å². The highest BCUT2D eigenvalue weighted by Gasteiger charge is 2.43. The summed E-state index contributed by atoms with van der Waals surface area (Å²) in [7, 11) is 0. The molecule has 1 aromatic heterocycles. The predicted octanol–water partition coefficient (Wildman–Crippen LogP) is 2.69. The van der Waals surface area contributed by atoms with Crippen LogP contribution in [0.2, 0.25) is 0 Å². The van der Waals surface area contributed by atoms with Crippen LogP contribution >= 0.6 is 0 Å². The summed E-state index contributed by atoms with van der Waals surface area (Å²) in [6.45, 7) is 1.13. The molecule has 0 radical (unpaired) electrons. The van der Waals surface area contributed by atoms with E-state index in [1.54, 1.807) is 5.56 Å². The van der Waals surface area contributed by atoms with Gasteiger partial charge in [-0.2, -0.15) is 0 Å². The average Bonchev–Trinajstić information content (AvgIpc) is 2.65. The lowest BCUT2D eigenvalue weighted by Gasteiger charge is -2.45. The van der Waals surface area contributed by atoms with Crippen molar-refractivity contribution in [3.8, 4) is 0 Å². The van der Waals surface area contributed by atoms with Crippen LogP contribution in [-0.4, -0.2) is 11.5 Å². The SMILES string of the molecule is c1ccc2c3c([nH]c2c1)C1(CCC1)NCC3. The Hall–Kier alpha value is -1.28. The molecule has 4 rings (SSSR count). The molecular formula is C14H16N2. The van der Waals surface area contributed by atoms with Crippen LogP contribution in [0.5, 0.6) is 0 Å². The molecule has 2 N–H and O–H groups in total. The largest absolute Gasteiger partial charge is 0.357 e. The van der Waals surface area contributed by atoms with Gasteiger partial charge in [-0.1, -0.05) is 18.2 Å². The summed E-state index contributed by atoms with van der Waals surface area (Å²) < 4.78 is 0. The van der Waals surface area contributed by atoms with Crippen molar-refractivity contribution in [2.75, 3.05) is 6.54 Å². The van der Waals surface area contributed by atoms with Crippen LogP contribution in [0.1, 0.15) is 30.5 Å². The van der Waals surface area contributed by atoms with Gasteiger partial charge in [-0.25, -0.2) is 0 Å². The number of nitrogens with one attached hydrogen (secondary N) is 2. The number of aromatic nitrogens is 1. The van der Waals surface area contributed by atoms with E-state index in [0.717, 1.165) is 6.54 Å². The van der Waals surface area contributed by atoms with Crippen LogP contribution in [0.4, 0.5) is 0 Å². The van der Waals surface area contributed by atoms with E-state index in [2.05, 4.69) is 34.6 Å². The molecule has 1 aliphatic carbocycles. The second-order valence-electron chi connectivity index (χ2n) is 5.14. The lowest BCUT2D eigenvalue weighted by molar-refractivity contribution is 0.171.